The summed E-state index contributed by atoms with van der Waals surface area (Å²) in [6.45, 7) is 3.46. The van der Waals surface area contributed by atoms with Gasteiger partial charge in [-0.1, -0.05) is 24.6 Å². The van der Waals surface area contributed by atoms with E-state index in [0.29, 0.717) is 29.9 Å². The highest BCUT2D eigenvalue weighted by Crippen LogP contribution is 2.24. The molecule has 1 saturated heterocycles. The highest BCUT2D eigenvalue weighted by atomic mass is 32.2. The van der Waals surface area contributed by atoms with E-state index in [4.69, 9.17) is 4.74 Å². The Morgan fingerprint density at radius 2 is 1.72 bits per heavy atom. The van der Waals surface area contributed by atoms with Crippen molar-refractivity contribution in [2.75, 3.05) is 25.0 Å². The smallest absolute Gasteiger partial charge is 0.338 e. The van der Waals surface area contributed by atoms with Crippen molar-refractivity contribution in [3.8, 4) is 0 Å². The van der Waals surface area contributed by atoms with Crippen LogP contribution in [0.1, 0.15) is 52.5 Å². The molecule has 2 aromatic carbocycles. The number of piperidine rings is 1. The number of sulfonamides is 1. The molecule has 0 atom stereocenters. The van der Waals surface area contributed by atoms with E-state index in [0.717, 1.165) is 19.3 Å². The lowest BCUT2D eigenvalue weighted by Gasteiger charge is -2.26. The number of esters is 1. The maximum atomic E-state index is 13.0. The fourth-order valence-electron chi connectivity index (χ4n) is 3.48. The van der Waals surface area contributed by atoms with Crippen LogP contribution >= 0.6 is 0 Å². The van der Waals surface area contributed by atoms with E-state index >= 15 is 0 Å². The normalized spacial score (nSPS) is 14.6. The van der Waals surface area contributed by atoms with Crippen molar-refractivity contribution in [1.82, 2.24) is 4.31 Å². The van der Waals surface area contributed by atoms with Gasteiger partial charge < -0.3 is 10.1 Å². The number of aryl methyl sites for hydroxylation is 1. The first-order valence-electron chi connectivity index (χ1n) is 10.4. The molecule has 0 saturated carbocycles. The molecule has 1 amide bonds. The molecule has 0 aliphatic carbocycles. The summed E-state index contributed by atoms with van der Waals surface area (Å²) in [7, 11) is -3.71. The average Bonchev–Trinajstić information content (AvgIpc) is 2.78. The molecule has 0 radical (unpaired) electrons. The summed E-state index contributed by atoms with van der Waals surface area (Å²) in [5.74, 6) is -1.51. The van der Waals surface area contributed by atoms with Crippen molar-refractivity contribution in [3.05, 3.63) is 59.2 Å². The molecule has 3 rings (SSSR count). The third-order valence-corrected chi connectivity index (χ3v) is 7.28. The minimum atomic E-state index is -3.71. The second kappa shape index (κ2) is 10.1. The highest BCUT2D eigenvalue weighted by molar-refractivity contribution is 7.89. The van der Waals surface area contributed by atoms with Crippen molar-refractivity contribution >= 4 is 33.4 Å². The van der Waals surface area contributed by atoms with E-state index in [1.54, 1.807) is 31.2 Å². The van der Waals surface area contributed by atoms with Crippen LogP contribution in [0.5, 0.6) is 0 Å². The fraction of sp³-hybridized carbons (Fsp3) is 0.348. The van der Waals surface area contributed by atoms with Gasteiger partial charge in [0.2, 0.25) is 10.0 Å². The van der Waals surface area contributed by atoms with Crippen molar-refractivity contribution in [1.29, 1.82) is 0 Å². The zero-order chi connectivity index (χ0) is 23.3. The van der Waals surface area contributed by atoms with Crippen LogP contribution in [0.2, 0.25) is 0 Å². The fourth-order valence-corrected chi connectivity index (χ4v) is 5.24. The number of nitrogens with zero attached hydrogens (tertiary/aromatic N) is 1. The summed E-state index contributed by atoms with van der Waals surface area (Å²) in [4.78, 5) is 36.1. The van der Waals surface area contributed by atoms with Gasteiger partial charge in [0.25, 0.3) is 5.91 Å². The standard InChI is InChI=1S/C23H26N2O6S/c1-16-9-10-19(14-21(16)32(29,30)25-11-4-3-5-12-25)23(28)31-15-22(27)24-20-8-6-7-18(13-20)17(2)26/h6-10,13-14H,3-5,11-12,15H2,1-2H3,(H,24,27). The van der Waals surface area contributed by atoms with E-state index in [-0.39, 0.29) is 16.2 Å². The van der Waals surface area contributed by atoms with Crippen molar-refractivity contribution in [2.45, 2.75) is 38.0 Å². The number of anilines is 1. The number of benzene rings is 2. The Morgan fingerprint density at radius 1 is 1.00 bits per heavy atom. The van der Waals surface area contributed by atoms with Crippen LogP contribution in [-0.2, 0) is 19.6 Å². The second-order valence-corrected chi connectivity index (χ2v) is 9.61. The summed E-state index contributed by atoms with van der Waals surface area (Å²) in [5.41, 5.74) is 1.44. The quantitative estimate of drug-likeness (QED) is 0.504. The van der Waals surface area contributed by atoms with E-state index < -0.39 is 28.5 Å². The van der Waals surface area contributed by atoms with Crippen molar-refractivity contribution in [2.24, 2.45) is 0 Å². The SMILES string of the molecule is CC(=O)c1cccc(NC(=O)COC(=O)c2ccc(C)c(S(=O)(=O)N3CCCCC3)c2)c1. The first-order chi connectivity index (χ1) is 15.2. The van der Waals surface area contributed by atoms with Gasteiger partial charge in [-0.05, 0) is 56.5 Å². The molecular formula is C23H26N2O6S. The Kier molecular flexibility index (Phi) is 7.42. The molecule has 32 heavy (non-hydrogen) atoms. The third kappa shape index (κ3) is 5.60. The number of hydrogen-bond donors (Lipinski definition) is 1. The van der Waals surface area contributed by atoms with Crippen LogP contribution in [0.3, 0.4) is 0 Å². The maximum absolute atomic E-state index is 13.0. The van der Waals surface area contributed by atoms with E-state index in [9.17, 15) is 22.8 Å². The topological polar surface area (TPSA) is 110 Å². The van der Waals surface area contributed by atoms with Crippen LogP contribution in [0.25, 0.3) is 0 Å². The van der Waals surface area contributed by atoms with Crippen LogP contribution in [0.15, 0.2) is 47.4 Å². The van der Waals surface area contributed by atoms with Gasteiger partial charge in [0.1, 0.15) is 0 Å². The number of carbonyl (C=O) groups excluding carboxylic acids is 3. The molecule has 0 aromatic heterocycles. The monoisotopic (exact) mass is 458 g/mol. The van der Waals surface area contributed by atoms with Gasteiger partial charge >= 0.3 is 5.97 Å². The van der Waals surface area contributed by atoms with Gasteiger partial charge in [0, 0.05) is 24.3 Å². The lowest BCUT2D eigenvalue weighted by Crippen LogP contribution is -2.36. The predicted octanol–water partition coefficient (Wildman–Crippen LogP) is 3.17. The highest BCUT2D eigenvalue weighted by Gasteiger charge is 2.28. The van der Waals surface area contributed by atoms with Crippen molar-refractivity contribution < 1.29 is 27.5 Å². The van der Waals surface area contributed by atoms with Gasteiger partial charge in [-0.3, -0.25) is 9.59 Å². The molecule has 1 aliphatic heterocycles. The zero-order valence-corrected chi connectivity index (χ0v) is 18.9. The molecule has 1 N–H and O–H groups in total. The molecule has 2 aromatic rings. The molecule has 170 valence electrons. The van der Waals surface area contributed by atoms with Crippen LogP contribution in [0, 0.1) is 6.92 Å². The molecule has 0 unspecified atom stereocenters. The number of carbonyl (C=O) groups is 3. The number of hydrogen-bond acceptors (Lipinski definition) is 6. The lowest BCUT2D eigenvalue weighted by molar-refractivity contribution is -0.119. The summed E-state index contributed by atoms with van der Waals surface area (Å²) in [5, 5.41) is 2.56. The summed E-state index contributed by atoms with van der Waals surface area (Å²) < 4.78 is 32.5. The van der Waals surface area contributed by atoms with Gasteiger partial charge in [-0.15, -0.1) is 0 Å². The lowest BCUT2D eigenvalue weighted by atomic mass is 10.1. The first kappa shape index (κ1) is 23.6. The number of nitrogens with one attached hydrogen (secondary N) is 1. The number of amides is 1. The number of rotatable bonds is 7. The largest absolute Gasteiger partial charge is 0.452 e. The molecule has 8 nitrogen and oxygen atoms in total. The number of ketones is 1. The van der Waals surface area contributed by atoms with Gasteiger partial charge in [0.05, 0.1) is 10.5 Å². The molecule has 1 fully saturated rings. The van der Waals surface area contributed by atoms with Crippen molar-refractivity contribution in [3.63, 3.8) is 0 Å². The van der Waals surface area contributed by atoms with Crippen LogP contribution in [0.4, 0.5) is 5.69 Å². The van der Waals surface area contributed by atoms with Crippen LogP contribution < -0.4 is 5.32 Å². The van der Waals surface area contributed by atoms with Gasteiger partial charge in [-0.2, -0.15) is 4.31 Å². The Morgan fingerprint density at radius 3 is 2.41 bits per heavy atom. The zero-order valence-electron chi connectivity index (χ0n) is 18.1. The first-order valence-corrected chi connectivity index (χ1v) is 11.8. The van der Waals surface area contributed by atoms with E-state index in [1.807, 2.05) is 0 Å². The molecule has 9 heteroatoms. The molecular weight excluding hydrogens is 432 g/mol. The van der Waals surface area contributed by atoms with E-state index in [2.05, 4.69) is 5.32 Å². The Balaban J connectivity index is 1.66. The van der Waals surface area contributed by atoms with Gasteiger partial charge in [-0.25, -0.2) is 13.2 Å². The average molecular weight is 459 g/mol. The maximum Gasteiger partial charge on any atom is 0.338 e. The van der Waals surface area contributed by atoms with E-state index in [1.165, 1.54) is 29.4 Å². The molecule has 0 bridgehead atoms. The summed E-state index contributed by atoms with van der Waals surface area (Å²) in [6.07, 6.45) is 2.62. The number of Topliss-reactive ketones (excluding diaryl/α,β-unsaturated/α-hetero) is 1. The van der Waals surface area contributed by atoms with Crippen LogP contribution in [-0.4, -0.2) is 50.1 Å². The Bertz CT molecular complexity index is 1140. The Hall–Kier alpha value is -3.04. The minimum absolute atomic E-state index is 0.0533. The van der Waals surface area contributed by atoms with Gasteiger partial charge in [0.15, 0.2) is 12.4 Å². The summed E-state index contributed by atoms with van der Waals surface area (Å²) >= 11 is 0. The predicted molar refractivity (Wildman–Crippen MR) is 119 cm³/mol. The Labute approximate surface area is 187 Å². The summed E-state index contributed by atoms with van der Waals surface area (Å²) in [6, 6.07) is 10.7. The molecule has 1 heterocycles. The molecule has 0 spiro atoms. The second-order valence-electron chi connectivity index (χ2n) is 7.71. The third-order valence-electron chi connectivity index (χ3n) is 5.24. The number of ether oxygens (including phenoxy) is 1. The molecule has 1 aliphatic rings. The minimum Gasteiger partial charge on any atom is -0.452 e.